The van der Waals surface area contributed by atoms with Crippen LogP contribution in [0.1, 0.15) is 81.6 Å². The van der Waals surface area contributed by atoms with Crippen LogP contribution in [-0.2, 0) is 8.85 Å². The van der Waals surface area contributed by atoms with Gasteiger partial charge in [-0.2, -0.15) is 0 Å². The van der Waals surface area contributed by atoms with Crippen molar-refractivity contribution < 1.29 is 14.0 Å². The average Bonchev–Trinajstić information content (AvgIpc) is 2.54. The molecule has 1 rings (SSSR count). The smallest absolute Gasteiger partial charge is 0.192 e. The third-order valence-electron chi connectivity index (χ3n) is 7.86. The zero-order valence-corrected chi connectivity index (χ0v) is 24.8. The van der Waals surface area contributed by atoms with Crippen molar-refractivity contribution in [1.29, 1.82) is 0 Å². The monoisotopic (exact) mass is 468 g/mol. The molecule has 0 aromatic rings. The molecule has 0 saturated heterocycles. The van der Waals surface area contributed by atoms with E-state index in [2.05, 4.69) is 101 Å². The highest BCUT2D eigenvalue weighted by Crippen LogP contribution is 2.45. The summed E-state index contributed by atoms with van der Waals surface area (Å²) >= 11 is 0. The summed E-state index contributed by atoms with van der Waals surface area (Å²) in [6, 6.07) is 0. The van der Waals surface area contributed by atoms with E-state index in [0.29, 0.717) is 0 Å². The molecule has 3 nitrogen and oxygen atoms in total. The molecule has 0 unspecified atom stereocenters. The van der Waals surface area contributed by atoms with E-state index in [1.165, 1.54) is 11.1 Å². The largest absolute Gasteiger partial charge is 0.411 e. The lowest BCUT2D eigenvalue weighted by molar-refractivity contribution is -0.0699. The Hall–Kier alpha value is -0.206. The van der Waals surface area contributed by atoms with Crippen molar-refractivity contribution in [2.75, 3.05) is 0 Å². The van der Waals surface area contributed by atoms with E-state index >= 15 is 0 Å². The maximum atomic E-state index is 11.1. The lowest BCUT2D eigenvalue weighted by Gasteiger charge is -2.50. The second-order valence-electron chi connectivity index (χ2n) is 12.9. The van der Waals surface area contributed by atoms with Crippen LogP contribution >= 0.6 is 0 Å². The van der Waals surface area contributed by atoms with Gasteiger partial charge in [-0.15, -0.1) is 0 Å². The summed E-state index contributed by atoms with van der Waals surface area (Å²) < 4.78 is 14.0. The number of hydrogen-bond acceptors (Lipinski definition) is 3. The molecule has 1 fully saturated rings. The molecule has 0 amide bonds. The fraction of sp³-hybridized carbons (Fsp3) is 0.846. The summed E-state index contributed by atoms with van der Waals surface area (Å²) in [4.78, 5) is 0. The van der Waals surface area contributed by atoms with E-state index in [-0.39, 0.29) is 34.3 Å². The Morgan fingerprint density at radius 1 is 0.839 bits per heavy atom. The molecule has 182 valence electrons. The zero-order chi connectivity index (χ0) is 24.4. The topological polar surface area (TPSA) is 38.7 Å². The molecular formula is C26H52O3Si2. The van der Waals surface area contributed by atoms with Crippen molar-refractivity contribution in [3.8, 4) is 0 Å². The van der Waals surface area contributed by atoms with Crippen molar-refractivity contribution in [3.63, 3.8) is 0 Å². The van der Waals surface area contributed by atoms with Gasteiger partial charge in [0.25, 0.3) is 0 Å². The van der Waals surface area contributed by atoms with Gasteiger partial charge in [0.1, 0.15) is 0 Å². The van der Waals surface area contributed by atoms with Crippen LogP contribution in [0, 0.1) is 5.92 Å². The van der Waals surface area contributed by atoms with E-state index < -0.39 is 16.6 Å². The summed E-state index contributed by atoms with van der Waals surface area (Å²) in [6.07, 6.45) is 6.62. The standard InChI is InChI=1S/C26H52O3Si2/c1-19(2)15-14-16-20(3)23-21(27)17-18-22(28-30(10,11)25(4,5)6)24(23)29-31(12,13)26(7,8)9/h15-16,21-24,27H,14,17-18H2,1-13H3/b20-16-/t21-,22+,23+,24-/m0/s1. The van der Waals surface area contributed by atoms with Gasteiger partial charge in [-0.25, -0.2) is 0 Å². The third-order valence-corrected chi connectivity index (χ3v) is 16.8. The Kier molecular flexibility index (Phi) is 9.65. The van der Waals surface area contributed by atoms with Gasteiger partial charge in [0, 0.05) is 5.92 Å². The molecule has 1 N–H and O–H groups in total. The van der Waals surface area contributed by atoms with Gasteiger partial charge in [-0.3, -0.25) is 0 Å². The van der Waals surface area contributed by atoms with Crippen LogP contribution in [-0.4, -0.2) is 40.1 Å². The maximum Gasteiger partial charge on any atom is 0.192 e. The van der Waals surface area contributed by atoms with Crippen LogP contribution < -0.4 is 0 Å². The van der Waals surface area contributed by atoms with Gasteiger partial charge < -0.3 is 14.0 Å². The second-order valence-corrected chi connectivity index (χ2v) is 22.4. The van der Waals surface area contributed by atoms with Crippen molar-refractivity contribution in [3.05, 3.63) is 23.3 Å². The van der Waals surface area contributed by atoms with Crippen LogP contribution in [0.5, 0.6) is 0 Å². The highest BCUT2D eigenvalue weighted by atomic mass is 28.4. The lowest BCUT2D eigenvalue weighted by atomic mass is 9.78. The SMILES string of the molecule is CC(C)=CC/C=C(/C)[C@H]1[C@@H](O[Si](C)(C)C(C)(C)C)[C@H](O[Si](C)(C)C(C)(C)C)CC[C@@H]1O. The Morgan fingerprint density at radius 3 is 1.77 bits per heavy atom. The van der Waals surface area contributed by atoms with Crippen LogP contribution in [0.3, 0.4) is 0 Å². The van der Waals surface area contributed by atoms with E-state index in [4.69, 9.17) is 8.85 Å². The van der Waals surface area contributed by atoms with Crippen molar-refractivity contribution in [2.45, 2.75) is 136 Å². The summed E-state index contributed by atoms with van der Waals surface area (Å²) in [5.41, 5.74) is 2.55. The molecule has 0 aromatic carbocycles. The van der Waals surface area contributed by atoms with Crippen LogP contribution in [0.2, 0.25) is 36.3 Å². The Balaban J connectivity index is 3.38. The lowest BCUT2D eigenvalue weighted by Crippen LogP contribution is -2.58. The van der Waals surface area contributed by atoms with Gasteiger partial charge in [0.15, 0.2) is 16.6 Å². The highest BCUT2D eigenvalue weighted by molar-refractivity contribution is 6.74. The minimum Gasteiger partial charge on any atom is -0.411 e. The van der Waals surface area contributed by atoms with Crippen LogP contribution in [0.25, 0.3) is 0 Å². The molecule has 0 aliphatic heterocycles. The molecule has 0 aromatic heterocycles. The summed E-state index contributed by atoms with van der Waals surface area (Å²) in [5.74, 6) is -0.0109. The normalized spacial score (nSPS) is 26.7. The quantitative estimate of drug-likeness (QED) is 0.305. The Morgan fingerprint density at radius 2 is 1.32 bits per heavy atom. The Labute approximate surface area is 196 Å². The molecular weight excluding hydrogens is 416 g/mol. The summed E-state index contributed by atoms with van der Waals surface area (Å²) in [5, 5.41) is 11.4. The molecule has 0 radical (unpaired) electrons. The zero-order valence-electron chi connectivity index (χ0n) is 22.8. The number of rotatable bonds is 7. The third kappa shape index (κ3) is 7.67. The second kappa shape index (κ2) is 10.4. The Bertz CT molecular complexity index is 647. The molecule has 31 heavy (non-hydrogen) atoms. The number of hydrogen-bond donors (Lipinski definition) is 1. The van der Waals surface area contributed by atoms with Gasteiger partial charge in [-0.05, 0) is 76.3 Å². The molecule has 0 heterocycles. The molecule has 0 bridgehead atoms. The maximum absolute atomic E-state index is 11.1. The van der Waals surface area contributed by atoms with Gasteiger partial charge >= 0.3 is 0 Å². The van der Waals surface area contributed by atoms with Gasteiger partial charge in [-0.1, -0.05) is 64.8 Å². The number of allylic oxidation sites excluding steroid dienone is 3. The van der Waals surface area contributed by atoms with Crippen molar-refractivity contribution in [2.24, 2.45) is 5.92 Å². The van der Waals surface area contributed by atoms with E-state index in [1.807, 2.05) is 0 Å². The number of aliphatic hydroxyl groups excluding tert-OH is 1. The van der Waals surface area contributed by atoms with Crippen molar-refractivity contribution >= 4 is 16.6 Å². The van der Waals surface area contributed by atoms with Crippen LogP contribution in [0.4, 0.5) is 0 Å². The minimum absolute atomic E-state index is 0.0109. The molecule has 1 aliphatic rings. The van der Waals surface area contributed by atoms with Crippen LogP contribution in [0.15, 0.2) is 23.3 Å². The first-order valence-corrected chi connectivity index (χ1v) is 18.0. The van der Waals surface area contributed by atoms with Gasteiger partial charge in [0.05, 0.1) is 18.3 Å². The van der Waals surface area contributed by atoms with Gasteiger partial charge in [0.2, 0.25) is 0 Å². The average molecular weight is 469 g/mol. The van der Waals surface area contributed by atoms with E-state index in [0.717, 1.165) is 19.3 Å². The molecule has 5 heteroatoms. The molecule has 0 spiro atoms. The first kappa shape index (κ1) is 28.8. The molecule has 1 saturated carbocycles. The van der Waals surface area contributed by atoms with Crippen molar-refractivity contribution in [1.82, 2.24) is 0 Å². The summed E-state index contributed by atoms with van der Waals surface area (Å²) in [7, 11) is -3.99. The molecule has 4 atom stereocenters. The molecule has 1 aliphatic carbocycles. The number of aliphatic hydroxyl groups is 1. The summed E-state index contributed by atoms with van der Waals surface area (Å²) in [6.45, 7) is 29.5. The fourth-order valence-corrected chi connectivity index (χ4v) is 6.35. The predicted octanol–water partition coefficient (Wildman–Crippen LogP) is 7.84. The minimum atomic E-state index is -2.04. The fourth-order valence-electron chi connectivity index (χ4n) is 3.66. The van der Waals surface area contributed by atoms with E-state index in [9.17, 15) is 5.11 Å². The van der Waals surface area contributed by atoms with E-state index in [1.54, 1.807) is 0 Å². The highest BCUT2D eigenvalue weighted by Gasteiger charge is 2.49. The first-order valence-electron chi connectivity index (χ1n) is 12.1. The first-order chi connectivity index (χ1) is 13.8. The predicted molar refractivity (Wildman–Crippen MR) is 141 cm³/mol.